The second-order valence-electron chi connectivity index (χ2n) is 3.77. The predicted molar refractivity (Wildman–Crippen MR) is 57.8 cm³/mol. The van der Waals surface area contributed by atoms with Crippen molar-refractivity contribution in [2.45, 2.75) is 12.4 Å². The van der Waals surface area contributed by atoms with Gasteiger partial charge in [-0.15, -0.1) is 0 Å². The summed E-state index contributed by atoms with van der Waals surface area (Å²) in [6.45, 7) is 0. The summed E-state index contributed by atoms with van der Waals surface area (Å²) < 4.78 is 136. The van der Waals surface area contributed by atoms with Gasteiger partial charge in [-0.05, 0) is 0 Å². The molecule has 0 aliphatic carbocycles. The topological polar surface area (TPSA) is 102 Å². The number of rotatable bonds is 5. The standard InChI is InChI=1S/C6H7F6O6S3/c1-19(13,14)4(20(15,16)2-5(7,8)9)21(17,18)3-6(10,11)12/h2-3H2,1H3/q-1. The molecule has 6 nitrogen and oxygen atoms in total. The molecule has 0 atom stereocenters. The highest BCUT2D eigenvalue weighted by molar-refractivity contribution is 8.28. The van der Waals surface area contributed by atoms with Gasteiger partial charge in [-0.25, -0.2) is 0 Å². The number of hydrogen-bond donors (Lipinski definition) is 0. The Kier molecular flexibility index (Phi) is 5.42. The molecule has 0 aromatic heterocycles. The van der Waals surface area contributed by atoms with Crippen molar-refractivity contribution in [3.05, 3.63) is 3.91 Å². The van der Waals surface area contributed by atoms with Crippen molar-refractivity contribution in [3.8, 4) is 0 Å². The van der Waals surface area contributed by atoms with Crippen LogP contribution in [0.2, 0.25) is 0 Å². The minimum Gasteiger partial charge on any atom is -0.260 e. The Hall–Kier alpha value is -0.570. The van der Waals surface area contributed by atoms with Gasteiger partial charge in [0.15, 0.2) is 0 Å². The Morgan fingerprint density at radius 2 is 0.952 bits per heavy atom. The van der Waals surface area contributed by atoms with Crippen LogP contribution in [0.25, 0.3) is 0 Å². The first-order valence-corrected chi connectivity index (χ1v) is 9.63. The highest BCUT2D eigenvalue weighted by atomic mass is 32.3. The average molecular weight is 385 g/mol. The maximum absolute atomic E-state index is 12.0. The van der Waals surface area contributed by atoms with Crippen LogP contribution >= 0.6 is 0 Å². The first kappa shape index (κ1) is 20.4. The second-order valence-corrected chi connectivity index (χ2v) is 10.4. The molecule has 0 amide bonds. The molecule has 0 radical (unpaired) electrons. The van der Waals surface area contributed by atoms with Gasteiger partial charge >= 0.3 is 12.4 Å². The summed E-state index contributed by atoms with van der Waals surface area (Å²) in [6, 6.07) is 0. The summed E-state index contributed by atoms with van der Waals surface area (Å²) in [5, 5.41) is 0. The van der Waals surface area contributed by atoms with E-state index >= 15 is 0 Å². The highest BCUT2D eigenvalue weighted by Crippen LogP contribution is 2.33. The van der Waals surface area contributed by atoms with E-state index in [1.165, 1.54) is 0 Å². The SMILES string of the molecule is CS(=O)(=O)[C-](S(=O)(=O)CC(F)(F)F)S(=O)(=O)CC(F)(F)F. The van der Waals surface area contributed by atoms with Gasteiger partial charge in [0.05, 0.1) is 29.5 Å². The maximum Gasteiger partial charge on any atom is 0.400 e. The fourth-order valence-corrected chi connectivity index (χ4v) is 8.25. The molecule has 0 rings (SSSR count). The van der Waals surface area contributed by atoms with Gasteiger partial charge in [-0.2, -0.15) is 26.3 Å². The summed E-state index contributed by atoms with van der Waals surface area (Å²) in [6.07, 6.45) is -11.2. The lowest BCUT2D eigenvalue weighted by atomic mass is 10.8. The van der Waals surface area contributed by atoms with E-state index in [0.717, 1.165) is 0 Å². The van der Waals surface area contributed by atoms with Gasteiger partial charge in [-0.1, -0.05) is 0 Å². The van der Waals surface area contributed by atoms with Crippen LogP contribution in [0.3, 0.4) is 0 Å². The minimum absolute atomic E-state index is 0.121. The molecule has 0 saturated carbocycles. The van der Waals surface area contributed by atoms with E-state index in [2.05, 4.69) is 0 Å². The van der Waals surface area contributed by atoms with Crippen LogP contribution in [0.4, 0.5) is 26.3 Å². The Balaban J connectivity index is 6.10. The van der Waals surface area contributed by atoms with Crippen LogP contribution in [-0.4, -0.2) is 55.4 Å². The average Bonchev–Trinajstić information content (AvgIpc) is 1.83. The van der Waals surface area contributed by atoms with Crippen molar-refractivity contribution in [2.24, 2.45) is 0 Å². The van der Waals surface area contributed by atoms with Crippen LogP contribution in [0, 0.1) is 3.91 Å². The van der Waals surface area contributed by atoms with E-state index in [1.54, 1.807) is 0 Å². The van der Waals surface area contributed by atoms with E-state index in [4.69, 9.17) is 0 Å². The van der Waals surface area contributed by atoms with Gasteiger partial charge in [0.2, 0.25) is 0 Å². The van der Waals surface area contributed by atoms with Crippen LogP contribution in [0.5, 0.6) is 0 Å². The summed E-state index contributed by atoms with van der Waals surface area (Å²) >= 11 is 0. The first-order valence-electron chi connectivity index (χ1n) is 4.44. The van der Waals surface area contributed by atoms with Gasteiger partial charge in [0, 0.05) is 10.2 Å². The molecule has 0 aromatic rings. The third-order valence-electron chi connectivity index (χ3n) is 1.52. The lowest BCUT2D eigenvalue weighted by Crippen LogP contribution is -2.39. The maximum atomic E-state index is 12.0. The smallest absolute Gasteiger partial charge is 0.260 e. The lowest BCUT2D eigenvalue weighted by molar-refractivity contribution is -0.107. The number of halogens is 6. The van der Waals surface area contributed by atoms with E-state index in [0.29, 0.717) is 0 Å². The van der Waals surface area contributed by atoms with Crippen LogP contribution in [-0.2, 0) is 29.5 Å². The fourth-order valence-electron chi connectivity index (χ4n) is 1.20. The van der Waals surface area contributed by atoms with Crippen molar-refractivity contribution >= 4 is 29.5 Å². The second kappa shape index (κ2) is 5.57. The van der Waals surface area contributed by atoms with Crippen LogP contribution < -0.4 is 0 Å². The van der Waals surface area contributed by atoms with Gasteiger partial charge in [-0.3, -0.25) is 25.3 Å². The molecular formula is C6H7F6O6S3-. The Morgan fingerprint density at radius 1 is 0.714 bits per heavy atom. The molecule has 0 bridgehead atoms. The largest absolute Gasteiger partial charge is 0.400 e. The summed E-state index contributed by atoms with van der Waals surface area (Å²) in [7, 11) is -17.5. The van der Waals surface area contributed by atoms with E-state index in [1.807, 2.05) is 0 Å². The van der Waals surface area contributed by atoms with Gasteiger partial charge < -0.3 is 0 Å². The van der Waals surface area contributed by atoms with Crippen molar-refractivity contribution in [1.29, 1.82) is 0 Å². The molecule has 15 heteroatoms. The summed E-state index contributed by atoms with van der Waals surface area (Å²) in [5.41, 5.74) is 0. The molecule has 0 N–H and O–H groups in total. The van der Waals surface area contributed by atoms with E-state index in [-0.39, 0.29) is 6.26 Å². The molecule has 21 heavy (non-hydrogen) atoms. The van der Waals surface area contributed by atoms with Crippen molar-refractivity contribution in [2.75, 3.05) is 17.8 Å². The van der Waals surface area contributed by atoms with Crippen molar-refractivity contribution in [3.63, 3.8) is 0 Å². The van der Waals surface area contributed by atoms with Gasteiger partial charge in [0.25, 0.3) is 0 Å². The third kappa shape index (κ3) is 6.82. The zero-order valence-electron chi connectivity index (χ0n) is 9.86. The van der Waals surface area contributed by atoms with Crippen LogP contribution in [0.1, 0.15) is 0 Å². The molecule has 0 aliphatic heterocycles. The summed E-state index contributed by atoms with van der Waals surface area (Å²) in [5.74, 6) is -5.83. The molecule has 128 valence electrons. The number of alkyl halides is 6. The highest BCUT2D eigenvalue weighted by Gasteiger charge is 2.44. The van der Waals surface area contributed by atoms with E-state index < -0.39 is 57.3 Å². The molecular weight excluding hydrogens is 378 g/mol. The number of sulfone groups is 3. The predicted octanol–water partition coefficient (Wildman–Crippen LogP) is 0.432. The zero-order valence-corrected chi connectivity index (χ0v) is 12.3. The molecule has 0 aromatic carbocycles. The van der Waals surface area contributed by atoms with Crippen molar-refractivity contribution in [1.82, 2.24) is 0 Å². The van der Waals surface area contributed by atoms with E-state index in [9.17, 15) is 51.6 Å². The van der Waals surface area contributed by atoms with Gasteiger partial charge in [0.1, 0.15) is 11.5 Å². The molecule has 0 unspecified atom stereocenters. The van der Waals surface area contributed by atoms with Crippen LogP contribution in [0.15, 0.2) is 0 Å². The molecule has 0 heterocycles. The quantitative estimate of drug-likeness (QED) is 0.502. The summed E-state index contributed by atoms with van der Waals surface area (Å²) in [4.78, 5) is 0. The Morgan fingerprint density at radius 3 is 1.10 bits per heavy atom. The van der Waals surface area contributed by atoms with Crippen molar-refractivity contribution < 1.29 is 51.6 Å². The Labute approximate surface area is 115 Å². The molecule has 0 spiro atoms. The monoisotopic (exact) mass is 385 g/mol. The molecule has 0 saturated heterocycles. The fraction of sp³-hybridized carbons (Fsp3) is 0.833. The zero-order chi connectivity index (χ0) is 17.5. The first-order chi connectivity index (χ1) is 8.78. The molecule has 0 aliphatic rings. The minimum atomic E-state index is -6.05. The third-order valence-corrected chi connectivity index (χ3v) is 9.42. The normalized spacial score (nSPS) is 15.4. The molecule has 0 fully saturated rings. The lowest BCUT2D eigenvalue weighted by Gasteiger charge is -2.28. The Bertz CT molecular complexity index is 636. The number of hydrogen-bond acceptors (Lipinski definition) is 6.